The average Bonchev–Trinajstić information content (AvgIpc) is 2.29. The molecule has 0 fully saturated rings. The summed E-state index contributed by atoms with van der Waals surface area (Å²) in [5.74, 6) is -1.42. The van der Waals surface area contributed by atoms with Crippen molar-refractivity contribution in [1.29, 1.82) is 0 Å². The Kier molecular flexibility index (Phi) is 4.89. The first-order valence-electron chi connectivity index (χ1n) is 5.93. The maximum atomic E-state index is 13.2. The van der Waals surface area contributed by atoms with Gasteiger partial charge in [-0.05, 0) is 45.0 Å². The van der Waals surface area contributed by atoms with Gasteiger partial charge in [-0.3, -0.25) is 0 Å². The molecule has 98 valence electrons. The van der Waals surface area contributed by atoms with Gasteiger partial charge in [0.1, 0.15) is 5.82 Å². The SMILES string of the molecule is CCN(c1ccc(F)cc1/C=C/C(=O)O)C(C)C. The van der Waals surface area contributed by atoms with Crippen LogP contribution >= 0.6 is 0 Å². The molecule has 0 aliphatic rings. The van der Waals surface area contributed by atoms with E-state index in [2.05, 4.69) is 4.90 Å². The molecule has 1 aromatic carbocycles. The van der Waals surface area contributed by atoms with Crippen LogP contribution in [0.4, 0.5) is 10.1 Å². The molecule has 0 spiro atoms. The lowest BCUT2D eigenvalue weighted by Crippen LogP contribution is -2.30. The Balaban J connectivity index is 3.21. The van der Waals surface area contributed by atoms with Crippen LogP contribution in [0.2, 0.25) is 0 Å². The molecule has 3 nitrogen and oxygen atoms in total. The summed E-state index contributed by atoms with van der Waals surface area (Å²) in [7, 11) is 0. The number of nitrogens with zero attached hydrogens (tertiary/aromatic N) is 1. The fraction of sp³-hybridized carbons (Fsp3) is 0.357. The smallest absolute Gasteiger partial charge is 0.328 e. The Morgan fingerprint density at radius 1 is 1.50 bits per heavy atom. The van der Waals surface area contributed by atoms with Crippen LogP contribution in [0.1, 0.15) is 26.3 Å². The van der Waals surface area contributed by atoms with Crippen LogP contribution < -0.4 is 4.90 Å². The van der Waals surface area contributed by atoms with Gasteiger partial charge in [-0.2, -0.15) is 0 Å². The minimum atomic E-state index is -1.04. The molecule has 0 bridgehead atoms. The van der Waals surface area contributed by atoms with E-state index in [1.54, 1.807) is 6.07 Å². The van der Waals surface area contributed by atoms with Gasteiger partial charge in [-0.25, -0.2) is 9.18 Å². The molecule has 1 N–H and O–H groups in total. The molecule has 0 atom stereocenters. The second-order valence-corrected chi connectivity index (χ2v) is 4.25. The third kappa shape index (κ3) is 3.58. The van der Waals surface area contributed by atoms with E-state index in [0.29, 0.717) is 5.56 Å². The Morgan fingerprint density at radius 3 is 2.67 bits per heavy atom. The predicted octanol–water partition coefficient (Wildman–Crippen LogP) is 3.16. The van der Waals surface area contributed by atoms with Gasteiger partial charge in [-0.15, -0.1) is 0 Å². The number of carbonyl (C=O) groups is 1. The van der Waals surface area contributed by atoms with Crippen LogP contribution in [0.3, 0.4) is 0 Å². The predicted molar refractivity (Wildman–Crippen MR) is 71.2 cm³/mol. The van der Waals surface area contributed by atoms with Gasteiger partial charge < -0.3 is 10.0 Å². The van der Waals surface area contributed by atoms with Gasteiger partial charge in [-0.1, -0.05) is 0 Å². The highest BCUT2D eigenvalue weighted by Crippen LogP contribution is 2.24. The molecule has 4 heteroatoms. The summed E-state index contributed by atoms with van der Waals surface area (Å²) >= 11 is 0. The lowest BCUT2D eigenvalue weighted by molar-refractivity contribution is -0.131. The number of anilines is 1. The van der Waals surface area contributed by atoms with E-state index in [0.717, 1.165) is 18.3 Å². The average molecular weight is 251 g/mol. The van der Waals surface area contributed by atoms with E-state index in [-0.39, 0.29) is 11.9 Å². The Morgan fingerprint density at radius 2 is 2.17 bits per heavy atom. The number of halogens is 1. The van der Waals surface area contributed by atoms with Crippen LogP contribution in [0, 0.1) is 5.82 Å². The molecular formula is C14H18FNO2. The van der Waals surface area contributed by atoms with Crippen LogP contribution in [0.15, 0.2) is 24.3 Å². The van der Waals surface area contributed by atoms with E-state index < -0.39 is 5.97 Å². The van der Waals surface area contributed by atoms with Gasteiger partial charge >= 0.3 is 5.97 Å². The van der Waals surface area contributed by atoms with E-state index in [1.807, 2.05) is 20.8 Å². The van der Waals surface area contributed by atoms with Crippen LogP contribution in [-0.2, 0) is 4.79 Å². The summed E-state index contributed by atoms with van der Waals surface area (Å²) in [6.07, 6.45) is 2.44. The molecule has 0 aliphatic heterocycles. The molecule has 0 radical (unpaired) electrons. The van der Waals surface area contributed by atoms with E-state index in [9.17, 15) is 9.18 Å². The molecule has 0 unspecified atom stereocenters. The summed E-state index contributed by atoms with van der Waals surface area (Å²) in [6.45, 7) is 6.86. The maximum absolute atomic E-state index is 13.2. The third-order valence-corrected chi connectivity index (χ3v) is 2.67. The molecular weight excluding hydrogens is 233 g/mol. The molecule has 1 aromatic rings. The Bertz CT molecular complexity index is 455. The minimum Gasteiger partial charge on any atom is -0.478 e. The summed E-state index contributed by atoms with van der Waals surface area (Å²) in [5, 5.41) is 8.65. The molecule has 0 amide bonds. The molecule has 18 heavy (non-hydrogen) atoms. The number of rotatable bonds is 5. The van der Waals surface area contributed by atoms with Crippen molar-refractivity contribution in [3.8, 4) is 0 Å². The van der Waals surface area contributed by atoms with E-state index >= 15 is 0 Å². The third-order valence-electron chi connectivity index (χ3n) is 2.67. The normalized spacial score (nSPS) is 11.2. The largest absolute Gasteiger partial charge is 0.478 e. The Hall–Kier alpha value is -1.84. The van der Waals surface area contributed by atoms with Crippen molar-refractivity contribution in [3.63, 3.8) is 0 Å². The van der Waals surface area contributed by atoms with Crippen molar-refractivity contribution in [3.05, 3.63) is 35.7 Å². The highest BCUT2D eigenvalue weighted by atomic mass is 19.1. The molecule has 0 aliphatic carbocycles. The summed E-state index contributed by atoms with van der Waals surface area (Å²) in [4.78, 5) is 12.6. The zero-order valence-corrected chi connectivity index (χ0v) is 10.9. The fourth-order valence-electron chi connectivity index (χ4n) is 1.90. The quantitative estimate of drug-likeness (QED) is 0.817. The van der Waals surface area contributed by atoms with Gasteiger partial charge in [0.2, 0.25) is 0 Å². The van der Waals surface area contributed by atoms with Crippen LogP contribution in [0.25, 0.3) is 6.08 Å². The zero-order valence-electron chi connectivity index (χ0n) is 10.9. The van der Waals surface area contributed by atoms with Gasteiger partial charge in [0, 0.05) is 29.9 Å². The lowest BCUT2D eigenvalue weighted by atomic mass is 10.1. The van der Waals surface area contributed by atoms with Crippen molar-refractivity contribution in [1.82, 2.24) is 0 Å². The van der Waals surface area contributed by atoms with Crippen molar-refractivity contribution < 1.29 is 14.3 Å². The number of hydrogen-bond donors (Lipinski definition) is 1. The second-order valence-electron chi connectivity index (χ2n) is 4.25. The van der Waals surface area contributed by atoms with Crippen molar-refractivity contribution in [2.24, 2.45) is 0 Å². The highest BCUT2D eigenvalue weighted by molar-refractivity contribution is 5.87. The first-order chi connectivity index (χ1) is 8.45. The Labute approximate surface area is 107 Å². The number of carboxylic acid groups (broad SMARTS) is 1. The summed E-state index contributed by atoms with van der Waals surface area (Å²) in [5.41, 5.74) is 1.42. The number of hydrogen-bond acceptors (Lipinski definition) is 2. The molecule has 0 heterocycles. The number of aliphatic carboxylic acids is 1. The first-order valence-corrected chi connectivity index (χ1v) is 5.93. The minimum absolute atomic E-state index is 0.262. The van der Waals surface area contributed by atoms with E-state index in [4.69, 9.17) is 5.11 Å². The van der Waals surface area contributed by atoms with Crippen LogP contribution in [-0.4, -0.2) is 23.7 Å². The molecule has 0 saturated heterocycles. The lowest BCUT2D eigenvalue weighted by Gasteiger charge is -2.29. The van der Waals surface area contributed by atoms with Gasteiger partial charge in [0.25, 0.3) is 0 Å². The van der Waals surface area contributed by atoms with Crippen molar-refractivity contribution in [2.75, 3.05) is 11.4 Å². The van der Waals surface area contributed by atoms with Crippen molar-refractivity contribution >= 4 is 17.7 Å². The van der Waals surface area contributed by atoms with Crippen molar-refractivity contribution in [2.45, 2.75) is 26.8 Å². The molecule has 0 saturated carbocycles. The van der Waals surface area contributed by atoms with Crippen LogP contribution in [0.5, 0.6) is 0 Å². The summed E-state index contributed by atoms with van der Waals surface area (Å²) in [6, 6.07) is 4.68. The maximum Gasteiger partial charge on any atom is 0.328 e. The van der Waals surface area contributed by atoms with E-state index in [1.165, 1.54) is 18.2 Å². The first kappa shape index (κ1) is 14.2. The number of benzene rings is 1. The number of carboxylic acids is 1. The van der Waals surface area contributed by atoms with Gasteiger partial charge in [0.15, 0.2) is 0 Å². The highest BCUT2D eigenvalue weighted by Gasteiger charge is 2.12. The monoisotopic (exact) mass is 251 g/mol. The second kappa shape index (κ2) is 6.19. The molecule has 0 aromatic heterocycles. The standard InChI is InChI=1S/C14H18FNO2/c1-4-16(10(2)3)13-7-6-12(15)9-11(13)5-8-14(17)18/h5-10H,4H2,1-3H3,(H,17,18)/b8-5+. The molecule has 1 rings (SSSR count). The van der Waals surface area contributed by atoms with Gasteiger partial charge in [0.05, 0.1) is 0 Å². The fourth-order valence-corrected chi connectivity index (χ4v) is 1.90. The summed E-state index contributed by atoms with van der Waals surface area (Å²) < 4.78 is 13.2. The topological polar surface area (TPSA) is 40.5 Å². The zero-order chi connectivity index (χ0) is 13.7.